The molecule has 0 saturated heterocycles. The number of fused-ring (bicyclic) bond motifs is 3. The lowest BCUT2D eigenvalue weighted by Crippen LogP contribution is -2.21. The van der Waals surface area contributed by atoms with Crippen molar-refractivity contribution in [2.24, 2.45) is 0 Å². The first kappa shape index (κ1) is 20.5. The fourth-order valence-corrected chi connectivity index (χ4v) is 4.10. The highest BCUT2D eigenvalue weighted by atomic mass is 16.5. The predicted molar refractivity (Wildman–Crippen MR) is 118 cm³/mol. The number of carboxylic acids is 1. The average molecular weight is 442 g/mol. The Hall–Kier alpha value is -4.39. The van der Waals surface area contributed by atoms with Gasteiger partial charge in [-0.3, -0.25) is 9.59 Å². The number of ether oxygens (including phenoxy) is 3. The van der Waals surface area contributed by atoms with Crippen LogP contribution in [0.3, 0.4) is 0 Å². The molecule has 1 atom stereocenters. The number of carbonyl (C=O) groups excluding carboxylic acids is 2. The maximum atomic E-state index is 13.0. The Morgan fingerprint density at radius 3 is 2.39 bits per heavy atom. The standard InChI is InChI=1S/C26H18O7/c1-31-17-8-2-14(3-9-17)12-21-24(28)18-10-11-20-23(25(18)33-21)19(13-22(27)32-20)15-4-6-16(7-5-15)26(29)30/h2-12,19H,13H2,1H3,(H,29,30). The molecule has 5 rings (SSSR count). The summed E-state index contributed by atoms with van der Waals surface area (Å²) in [6.45, 7) is 0. The highest BCUT2D eigenvalue weighted by Crippen LogP contribution is 2.49. The van der Waals surface area contributed by atoms with E-state index < -0.39 is 17.9 Å². The highest BCUT2D eigenvalue weighted by Gasteiger charge is 2.38. The second kappa shape index (κ2) is 7.94. The molecule has 7 nitrogen and oxygen atoms in total. The Balaban J connectivity index is 1.56. The van der Waals surface area contributed by atoms with Crippen molar-refractivity contribution in [3.8, 4) is 17.2 Å². The molecule has 1 N–H and O–H groups in total. The number of methoxy groups -OCH3 is 1. The molecule has 1 unspecified atom stereocenters. The number of carboxylic acid groups (broad SMARTS) is 1. The summed E-state index contributed by atoms with van der Waals surface area (Å²) in [5.74, 6) is -0.589. The Morgan fingerprint density at radius 2 is 1.73 bits per heavy atom. The van der Waals surface area contributed by atoms with E-state index in [-0.39, 0.29) is 23.5 Å². The SMILES string of the molecule is COc1ccc(C=C2Oc3c(ccc4c3C(c3ccc(C(=O)O)cc3)CC(=O)O4)C2=O)cc1. The number of aromatic carboxylic acids is 1. The van der Waals surface area contributed by atoms with Crippen molar-refractivity contribution < 1.29 is 33.7 Å². The summed E-state index contributed by atoms with van der Waals surface area (Å²) in [6.07, 6.45) is 1.70. The van der Waals surface area contributed by atoms with E-state index in [2.05, 4.69) is 0 Å². The summed E-state index contributed by atoms with van der Waals surface area (Å²) in [5.41, 5.74) is 2.63. The monoisotopic (exact) mass is 442 g/mol. The van der Waals surface area contributed by atoms with Crippen LogP contribution in [0.5, 0.6) is 17.2 Å². The van der Waals surface area contributed by atoms with E-state index in [9.17, 15) is 19.5 Å². The van der Waals surface area contributed by atoms with Gasteiger partial charge in [-0.25, -0.2) is 4.79 Å². The quantitative estimate of drug-likeness (QED) is 0.362. The number of ketones is 1. The molecule has 0 saturated carbocycles. The fraction of sp³-hybridized carbons (Fsp3) is 0.115. The summed E-state index contributed by atoms with van der Waals surface area (Å²) in [5, 5.41) is 9.18. The summed E-state index contributed by atoms with van der Waals surface area (Å²) < 4.78 is 16.6. The topological polar surface area (TPSA) is 99.1 Å². The zero-order chi connectivity index (χ0) is 23.1. The second-order valence-corrected chi connectivity index (χ2v) is 7.72. The average Bonchev–Trinajstić information content (AvgIpc) is 3.14. The number of rotatable bonds is 4. The van der Waals surface area contributed by atoms with E-state index >= 15 is 0 Å². The Bertz CT molecular complexity index is 1320. The van der Waals surface area contributed by atoms with Gasteiger partial charge in [-0.05, 0) is 53.6 Å². The van der Waals surface area contributed by atoms with Crippen molar-refractivity contribution in [1.82, 2.24) is 0 Å². The van der Waals surface area contributed by atoms with E-state index in [4.69, 9.17) is 14.2 Å². The summed E-state index contributed by atoms with van der Waals surface area (Å²) in [4.78, 5) is 36.5. The van der Waals surface area contributed by atoms with E-state index in [1.54, 1.807) is 49.6 Å². The van der Waals surface area contributed by atoms with Gasteiger partial charge in [-0.1, -0.05) is 24.3 Å². The minimum atomic E-state index is -1.03. The minimum absolute atomic E-state index is 0.0466. The third-order valence-electron chi connectivity index (χ3n) is 5.75. The van der Waals surface area contributed by atoms with Crippen molar-refractivity contribution in [2.45, 2.75) is 12.3 Å². The van der Waals surface area contributed by atoms with E-state index in [0.717, 1.165) is 11.1 Å². The largest absolute Gasteiger partial charge is 0.497 e. The molecule has 0 radical (unpaired) electrons. The predicted octanol–water partition coefficient (Wildman–Crippen LogP) is 4.45. The van der Waals surface area contributed by atoms with Gasteiger partial charge in [0.25, 0.3) is 0 Å². The van der Waals surface area contributed by atoms with Crippen LogP contribution in [0.1, 0.15) is 49.7 Å². The third kappa shape index (κ3) is 3.63. The van der Waals surface area contributed by atoms with Crippen LogP contribution in [0, 0.1) is 0 Å². The number of Topliss-reactive ketones (excluding diaryl/α,β-unsaturated/α-hetero) is 1. The number of carbonyl (C=O) groups is 3. The van der Waals surface area contributed by atoms with Crippen molar-refractivity contribution in [3.05, 3.63) is 94.2 Å². The number of benzene rings is 3. The van der Waals surface area contributed by atoms with Crippen molar-refractivity contribution in [2.75, 3.05) is 7.11 Å². The first-order valence-electron chi connectivity index (χ1n) is 10.2. The molecule has 3 aromatic rings. The number of esters is 1. The van der Waals surface area contributed by atoms with Crippen LogP contribution in [0.2, 0.25) is 0 Å². The lowest BCUT2D eigenvalue weighted by atomic mass is 9.84. The molecule has 3 aromatic carbocycles. The Labute approximate surface area is 188 Å². The summed E-state index contributed by atoms with van der Waals surface area (Å²) in [7, 11) is 1.58. The van der Waals surface area contributed by atoms with E-state index in [1.807, 2.05) is 12.1 Å². The van der Waals surface area contributed by atoms with Crippen LogP contribution in [-0.2, 0) is 4.79 Å². The molecule has 2 heterocycles. The maximum absolute atomic E-state index is 13.0. The van der Waals surface area contributed by atoms with E-state index in [1.165, 1.54) is 12.1 Å². The van der Waals surface area contributed by atoms with Crippen LogP contribution in [-0.4, -0.2) is 29.9 Å². The molecule has 2 aliphatic heterocycles. The zero-order valence-electron chi connectivity index (χ0n) is 17.5. The molecular formula is C26H18O7. The Morgan fingerprint density at radius 1 is 1.00 bits per heavy atom. The number of hydrogen-bond donors (Lipinski definition) is 1. The molecule has 7 heteroatoms. The van der Waals surface area contributed by atoms with E-state index in [0.29, 0.717) is 28.4 Å². The Kier molecular flexibility index (Phi) is 4.94. The van der Waals surface area contributed by atoms with Crippen LogP contribution in [0.25, 0.3) is 6.08 Å². The molecule has 0 bridgehead atoms. The minimum Gasteiger partial charge on any atom is -0.497 e. The number of hydrogen-bond acceptors (Lipinski definition) is 6. The van der Waals surface area contributed by atoms with Gasteiger partial charge in [0.15, 0.2) is 5.76 Å². The normalized spacial score (nSPS) is 17.7. The second-order valence-electron chi connectivity index (χ2n) is 7.72. The smallest absolute Gasteiger partial charge is 0.335 e. The molecule has 0 fully saturated rings. The van der Waals surface area contributed by atoms with Crippen LogP contribution in [0.15, 0.2) is 66.4 Å². The number of allylic oxidation sites excluding steroid dienone is 1. The summed E-state index contributed by atoms with van der Waals surface area (Å²) >= 11 is 0. The van der Waals surface area contributed by atoms with Crippen molar-refractivity contribution >= 4 is 23.8 Å². The van der Waals surface area contributed by atoms with Crippen LogP contribution < -0.4 is 14.2 Å². The first-order valence-corrected chi connectivity index (χ1v) is 10.2. The zero-order valence-corrected chi connectivity index (χ0v) is 17.5. The van der Waals surface area contributed by atoms with Gasteiger partial charge in [-0.2, -0.15) is 0 Å². The van der Waals surface area contributed by atoms with Crippen molar-refractivity contribution in [1.29, 1.82) is 0 Å². The first-order chi connectivity index (χ1) is 15.9. The molecule has 2 aliphatic rings. The maximum Gasteiger partial charge on any atom is 0.335 e. The molecule has 0 spiro atoms. The molecule has 0 aromatic heterocycles. The van der Waals surface area contributed by atoms with Crippen LogP contribution >= 0.6 is 0 Å². The van der Waals surface area contributed by atoms with Gasteiger partial charge in [0.05, 0.1) is 24.7 Å². The van der Waals surface area contributed by atoms with Crippen molar-refractivity contribution in [3.63, 3.8) is 0 Å². The third-order valence-corrected chi connectivity index (χ3v) is 5.75. The van der Waals surface area contributed by atoms with Gasteiger partial charge < -0.3 is 19.3 Å². The fourth-order valence-electron chi connectivity index (χ4n) is 4.10. The van der Waals surface area contributed by atoms with Gasteiger partial charge >= 0.3 is 11.9 Å². The highest BCUT2D eigenvalue weighted by molar-refractivity contribution is 6.15. The van der Waals surface area contributed by atoms with Crippen LogP contribution in [0.4, 0.5) is 0 Å². The lowest BCUT2D eigenvalue weighted by molar-refractivity contribution is -0.135. The molecule has 0 aliphatic carbocycles. The lowest BCUT2D eigenvalue weighted by Gasteiger charge is -2.26. The van der Waals surface area contributed by atoms with Gasteiger partial charge in [-0.15, -0.1) is 0 Å². The molecular weight excluding hydrogens is 424 g/mol. The molecule has 164 valence electrons. The molecule has 0 amide bonds. The summed E-state index contributed by atoms with van der Waals surface area (Å²) in [6, 6.07) is 16.7. The molecule has 33 heavy (non-hydrogen) atoms. The van der Waals surface area contributed by atoms with Gasteiger partial charge in [0, 0.05) is 11.5 Å². The van der Waals surface area contributed by atoms with Gasteiger partial charge in [0.1, 0.15) is 17.2 Å². The van der Waals surface area contributed by atoms with Gasteiger partial charge in [0.2, 0.25) is 5.78 Å².